The predicted octanol–water partition coefficient (Wildman–Crippen LogP) is 5.44. The van der Waals surface area contributed by atoms with Gasteiger partial charge >= 0.3 is 0 Å². The molecule has 0 aliphatic carbocycles. The third-order valence-electron chi connectivity index (χ3n) is 6.91. The van der Waals surface area contributed by atoms with Crippen molar-refractivity contribution in [3.05, 3.63) is 119 Å². The van der Waals surface area contributed by atoms with Gasteiger partial charge in [0.25, 0.3) is 5.69 Å². The van der Waals surface area contributed by atoms with E-state index in [-0.39, 0.29) is 17.2 Å². The smallest absolute Gasteiger partial charge is 0.269 e. The number of hydrogen-bond acceptors (Lipinski definition) is 10. The number of aliphatic hydroxyl groups excluding tert-OH is 1. The van der Waals surface area contributed by atoms with E-state index in [1.165, 1.54) is 30.5 Å². The summed E-state index contributed by atoms with van der Waals surface area (Å²) >= 11 is 0. The summed E-state index contributed by atoms with van der Waals surface area (Å²) in [6, 6.07) is 27.5. The molecule has 4 aromatic carbocycles. The number of aliphatic hydroxyl groups is 1. The first-order chi connectivity index (χ1) is 21.7. The Kier molecular flexibility index (Phi) is 9.85. The van der Waals surface area contributed by atoms with Crippen molar-refractivity contribution in [3.8, 4) is 16.9 Å². The number of nitrogens with one attached hydrogen (secondary N) is 1. The molecule has 13 heteroatoms. The number of rotatable bonds is 13. The van der Waals surface area contributed by atoms with Crippen LogP contribution in [0.5, 0.6) is 5.75 Å². The highest BCUT2D eigenvalue weighted by atomic mass is 32.2. The molecule has 0 fully saturated rings. The van der Waals surface area contributed by atoms with Gasteiger partial charge in [-0.15, -0.1) is 10.2 Å². The molecule has 45 heavy (non-hydrogen) atoms. The first kappa shape index (κ1) is 31.3. The van der Waals surface area contributed by atoms with Crippen LogP contribution in [0.15, 0.2) is 118 Å². The normalized spacial score (nSPS) is 12.4. The van der Waals surface area contributed by atoms with Gasteiger partial charge in [0.05, 0.1) is 21.7 Å². The molecular formula is C32H30N6O6S. The molecule has 0 aliphatic rings. The Morgan fingerprint density at radius 2 is 1.71 bits per heavy atom. The van der Waals surface area contributed by atoms with Crippen molar-refractivity contribution in [1.82, 2.24) is 10.3 Å². The van der Waals surface area contributed by atoms with E-state index in [1.54, 1.807) is 24.3 Å². The molecule has 0 bridgehead atoms. The monoisotopic (exact) mass is 626 g/mol. The van der Waals surface area contributed by atoms with Gasteiger partial charge < -0.3 is 15.2 Å². The molecule has 1 atom stereocenters. The van der Waals surface area contributed by atoms with Gasteiger partial charge in [0.15, 0.2) is 5.82 Å². The van der Waals surface area contributed by atoms with Crippen LogP contribution in [-0.2, 0) is 16.4 Å². The zero-order chi connectivity index (χ0) is 31.8. The highest BCUT2D eigenvalue weighted by molar-refractivity contribution is 7.89. The molecule has 0 saturated carbocycles. The molecule has 5 rings (SSSR count). The van der Waals surface area contributed by atoms with Gasteiger partial charge in [0, 0.05) is 18.7 Å². The van der Waals surface area contributed by atoms with Crippen LogP contribution in [0, 0.1) is 10.1 Å². The molecule has 4 N–H and O–H groups in total. The third kappa shape index (κ3) is 8.31. The summed E-state index contributed by atoms with van der Waals surface area (Å²) in [6.45, 7) is 0.902. The molecular weight excluding hydrogens is 596 g/mol. The number of nitro groups is 1. The maximum Gasteiger partial charge on any atom is 0.269 e. The Bertz CT molecular complexity index is 1930. The van der Waals surface area contributed by atoms with Gasteiger partial charge in [-0.05, 0) is 76.8 Å². The lowest BCUT2D eigenvalue weighted by Crippen LogP contribution is -2.32. The van der Waals surface area contributed by atoms with E-state index >= 15 is 0 Å². The lowest BCUT2D eigenvalue weighted by molar-refractivity contribution is -0.384. The Morgan fingerprint density at radius 1 is 0.956 bits per heavy atom. The van der Waals surface area contributed by atoms with Gasteiger partial charge in [-0.3, -0.25) is 10.1 Å². The minimum absolute atomic E-state index is 0.0314. The number of hydrogen-bond donors (Lipinski definition) is 3. The van der Waals surface area contributed by atoms with E-state index < -0.39 is 21.1 Å². The largest absolute Gasteiger partial charge is 0.489 e. The second kappa shape index (κ2) is 14.1. The van der Waals surface area contributed by atoms with Crippen molar-refractivity contribution in [3.63, 3.8) is 0 Å². The molecule has 230 valence electrons. The van der Waals surface area contributed by atoms with Gasteiger partial charge in [-0.25, -0.2) is 18.5 Å². The fraction of sp³-hybridized carbons (Fsp3) is 0.156. The highest BCUT2D eigenvalue weighted by Crippen LogP contribution is 2.33. The number of aromatic nitrogens is 1. The van der Waals surface area contributed by atoms with Crippen molar-refractivity contribution >= 4 is 38.0 Å². The van der Waals surface area contributed by atoms with Crippen molar-refractivity contribution in [2.24, 2.45) is 15.4 Å². The van der Waals surface area contributed by atoms with Crippen molar-refractivity contribution in [2.75, 3.05) is 19.7 Å². The lowest BCUT2D eigenvalue weighted by Gasteiger charge is -2.16. The topological polar surface area (TPSA) is 182 Å². The summed E-state index contributed by atoms with van der Waals surface area (Å²) in [5.41, 5.74) is 3.13. The van der Waals surface area contributed by atoms with Gasteiger partial charge in [-0.1, -0.05) is 48.5 Å². The Balaban J connectivity index is 1.13. The summed E-state index contributed by atoms with van der Waals surface area (Å²) in [5.74, 6) is 0.777. The van der Waals surface area contributed by atoms with E-state index in [0.717, 1.165) is 27.5 Å². The molecule has 0 spiro atoms. The van der Waals surface area contributed by atoms with Crippen molar-refractivity contribution in [1.29, 1.82) is 0 Å². The van der Waals surface area contributed by atoms with E-state index in [4.69, 9.17) is 9.88 Å². The maximum atomic E-state index is 12.2. The van der Waals surface area contributed by atoms with Crippen LogP contribution in [0.2, 0.25) is 0 Å². The molecule has 1 aromatic heterocycles. The third-order valence-corrected chi connectivity index (χ3v) is 7.81. The molecule has 0 aliphatic heterocycles. The van der Waals surface area contributed by atoms with Crippen LogP contribution in [0.3, 0.4) is 0 Å². The summed E-state index contributed by atoms with van der Waals surface area (Å²) in [4.78, 5) is 14.5. The van der Waals surface area contributed by atoms with Crippen LogP contribution >= 0.6 is 0 Å². The van der Waals surface area contributed by atoms with Crippen LogP contribution in [-0.4, -0.2) is 49.2 Å². The number of nitrogens with two attached hydrogens (primary N) is 1. The van der Waals surface area contributed by atoms with E-state index in [9.17, 15) is 23.6 Å². The average molecular weight is 627 g/mol. The summed E-state index contributed by atoms with van der Waals surface area (Å²) in [7, 11) is -3.89. The second-order valence-electron chi connectivity index (χ2n) is 10.1. The summed E-state index contributed by atoms with van der Waals surface area (Å²) in [6.07, 6.45) is 1.32. The van der Waals surface area contributed by atoms with E-state index in [1.807, 2.05) is 48.5 Å². The molecule has 0 amide bonds. The first-order valence-corrected chi connectivity index (χ1v) is 15.5. The molecule has 5 aromatic rings. The number of non-ortho nitro benzene ring substituents is 1. The maximum absolute atomic E-state index is 12.2. The number of primary sulfonamides is 1. The Hall–Kier alpha value is -5.08. The van der Waals surface area contributed by atoms with Gasteiger partial charge in [0.2, 0.25) is 10.0 Å². The molecule has 12 nitrogen and oxygen atoms in total. The quantitative estimate of drug-likeness (QED) is 0.0667. The number of sulfonamides is 1. The lowest BCUT2D eigenvalue weighted by atomic mass is 9.93. The van der Waals surface area contributed by atoms with Crippen LogP contribution < -0.4 is 15.2 Å². The Morgan fingerprint density at radius 3 is 2.44 bits per heavy atom. The predicted molar refractivity (Wildman–Crippen MR) is 170 cm³/mol. The summed E-state index contributed by atoms with van der Waals surface area (Å²) < 4.78 is 30.0. The van der Waals surface area contributed by atoms with Gasteiger partial charge in [0.1, 0.15) is 18.5 Å². The van der Waals surface area contributed by atoms with Crippen molar-refractivity contribution in [2.45, 2.75) is 17.4 Å². The van der Waals surface area contributed by atoms with Crippen LogP contribution in [0.4, 0.5) is 17.2 Å². The number of fused-ring (bicyclic) bond motifs is 1. The van der Waals surface area contributed by atoms with Crippen molar-refractivity contribution < 1.29 is 23.2 Å². The fourth-order valence-corrected chi connectivity index (χ4v) is 5.25. The highest BCUT2D eigenvalue weighted by Gasteiger charge is 2.15. The zero-order valence-electron chi connectivity index (χ0n) is 24.0. The standard InChI is InChI=1S/C32H30N6O6S/c33-45(42,43)28-17-23-6-2-4-8-30(23)31(18-28)29-7-3-1-5-22(29)15-16-34-19-26(39)21-44-27-13-14-32(35-20-27)37-36-24-9-11-25(12-10-24)38(40)41/h1-14,17-18,20,26,34,39H,15-16,19,21H2,(H2,33,42,43). The van der Waals surface area contributed by atoms with E-state index in [2.05, 4.69) is 20.5 Å². The fourth-order valence-electron chi connectivity index (χ4n) is 4.68. The average Bonchev–Trinajstić information content (AvgIpc) is 3.04. The zero-order valence-corrected chi connectivity index (χ0v) is 24.8. The second-order valence-corrected chi connectivity index (χ2v) is 11.7. The number of nitrogens with zero attached hydrogens (tertiary/aromatic N) is 4. The number of ether oxygens (including phenoxy) is 1. The number of pyridine rings is 1. The first-order valence-electron chi connectivity index (χ1n) is 13.9. The van der Waals surface area contributed by atoms with Crippen LogP contribution in [0.25, 0.3) is 21.9 Å². The number of nitro benzene ring substituents is 1. The molecule has 0 radical (unpaired) electrons. The minimum atomic E-state index is -3.89. The van der Waals surface area contributed by atoms with Gasteiger partial charge in [-0.2, -0.15) is 0 Å². The minimum Gasteiger partial charge on any atom is -0.489 e. The number of benzene rings is 4. The molecule has 1 heterocycles. The SMILES string of the molecule is NS(=O)(=O)c1cc(-c2ccccc2CCNCC(O)COc2ccc(N=Nc3ccc([N+](=O)[O-])cc3)nc2)c2ccccc2c1. The molecule has 0 saturated heterocycles. The Labute approximate surface area is 259 Å². The van der Waals surface area contributed by atoms with Crippen LogP contribution in [0.1, 0.15) is 5.56 Å². The van der Waals surface area contributed by atoms with E-state index in [0.29, 0.717) is 36.8 Å². The molecule has 1 unspecified atom stereocenters. The number of azo groups is 1. The summed E-state index contributed by atoms with van der Waals surface area (Å²) in [5, 5.41) is 39.6.